The number of hydrogen-bond donors (Lipinski definition) is 2. The molecule has 0 radical (unpaired) electrons. The van der Waals surface area contributed by atoms with E-state index in [0.29, 0.717) is 22.3 Å². The van der Waals surface area contributed by atoms with E-state index in [4.69, 9.17) is 10.5 Å². The highest BCUT2D eigenvalue weighted by Gasteiger charge is 2.20. The zero-order valence-electron chi connectivity index (χ0n) is 10.6. The molecule has 20 heavy (non-hydrogen) atoms. The van der Waals surface area contributed by atoms with E-state index in [2.05, 4.69) is 0 Å². The smallest absolute Gasteiger partial charge is 0.109 e. The van der Waals surface area contributed by atoms with Crippen LogP contribution in [0.1, 0.15) is 34.5 Å². The number of rotatable bonds is 3. The van der Waals surface area contributed by atoms with Crippen molar-refractivity contribution in [2.24, 2.45) is 0 Å². The molecule has 0 saturated carbocycles. The van der Waals surface area contributed by atoms with Crippen LogP contribution >= 0.6 is 0 Å². The highest BCUT2D eigenvalue weighted by Crippen LogP contribution is 2.28. The molecule has 0 saturated heterocycles. The van der Waals surface area contributed by atoms with Gasteiger partial charge in [0.2, 0.25) is 0 Å². The van der Waals surface area contributed by atoms with Crippen molar-refractivity contribution in [3.63, 3.8) is 0 Å². The van der Waals surface area contributed by atoms with Gasteiger partial charge in [0.1, 0.15) is 12.2 Å². The molecule has 98 valence electrons. The van der Waals surface area contributed by atoms with Gasteiger partial charge in [-0.25, -0.2) is 0 Å². The van der Waals surface area contributed by atoms with Crippen LogP contribution in [0.15, 0.2) is 48.5 Å². The third kappa shape index (κ3) is 2.84. The lowest BCUT2D eigenvalue weighted by atomic mass is 9.97. The van der Waals surface area contributed by atoms with Crippen LogP contribution in [-0.2, 0) is 0 Å². The van der Waals surface area contributed by atoms with Crippen LogP contribution in [0, 0.1) is 22.7 Å². The molecule has 0 bridgehead atoms. The van der Waals surface area contributed by atoms with Crippen molar-refractivity contribution in [2.75, 3.05) is 0 Å². The summed E-state index contributed by atoms with van der Waals surface area (Å²) < 4.78 is 0. The number of hydrogen-bond acceptors (Lipinski definition) is 4. The van der Waals surface area contributed by atoms with Gasteiger partial charge in [0.25, 0.3) is 0 Å². The second-order valence-corrected chi connectivity index (χ2v) is 4.36. The van der Waals surface area contributed by atoms with Crippen molar-refractivity contribution >= 4 is 0 Å². The van der Waals surface area contributed by atoms with E-state index in [1.807, 2.05) is 12.1 Å². The van der Waals surface area contributed by atoms with Crippen LogP contribution in [-0.4, -0.2) is 10.2 Å². The van der Waals surface area contributed by atoms with Crippen LogP contribution < -0.4 is 0 Å². The number of nitriles is 2. The standard InChI is InChI=1S/C16H12N2O2/c17-9-11-1-5-13(6-2-11)15(19)16(20)14-7-3-12(10-18)4-8-14/h1-8,15-16,19-20H. The molecule has 2 atom stereocenters. The van der Waals surface area contributed by atoms with Gasteiger partial charge >= 0.3 is 0 Å². The summed E-state index contributed by atoms with van der Waals surface area (Å²) in [5, 5.41) is 37.7. The van der Waals surface area contributed by atoms with Gasteiger partial charge in [-0.05, 0) is 35.4 Å². The first-order chi connectivity index (χ1) is 9.65. The quantitative estimate of drug-likeness (QED) is 0.889. The molecule has 0 aliphatic rings. The molecule has 0 aliphatic heterocycles. The molecule has 4 heteroatoms. The van der Waals surface area contributed by atoms with Crippen LogP contribution in [0.4, 0.5) is 0 Å². The molecule has 2 unspecified atom stereocenters. The predicted octanol–water partition coefficient (Wildman–Crippen LogP) is 2.20. The molecular weight excluding hydrogens is 252 g/mol. The molecule has 0 aliphatic carbocycles. The number of aliphatic hydroxyl groups excluding tert-OH is 2. The fourth-order valence-corrected chi connectivity index (χ4v) is 1.87. The lowest BCUT2D eigenvalue weighted by molar-refractivity contribution is 0.0172. The van der Waals surface area contributed by atoms with E-state index >= 15 is 0 Å². The Labute approximate surface area is 116 Å². The zero-order chi connectivity index (χ0) is 14.5. The van der Waals surface area contributed by atoms with Gasteiger partial charge < -0.3 is 10.2 Å². The number of benzene rings is 2. The third-order valence-corrected chi connectivity index (χ3v) is 3.06. The van der Waals surface area contributed by atoms with Gasteiger partial charge in [-0.2, -0.15) is 10.5 Å². The second-order valence-electron chi connectivity index (χ2n) is 4.36. The highest BCUT2D eigenvalue weighted by atomic mass is 16.3. The first-order valence-electron chi connectivity index (χ1n) is 6.02. The summed E-state index contributed by atoms with van der Waals surface area (Å²) in [5.41, 5.74) is 2.05. The summed E-state index contributed by atoms with van der Waals surface area (Å²) in [6.45, 7) is 0. The Balaban J connectivity index is 2.20. The molecule has 4 nitrogen and oxygen atoms in total. The number of nitrogens with zero attached hydrogens (tertiary/aromatic N) is 2. The normalized spacial score (nSPS) is 13.0. The Kier molecular flexibility index (Phi) is 4.12. The maximum Gasteiger partial charge on any atom is 0.109 e. The van der Waals surface area contributed by atoms with Gasteiger partial charge in [0.15, 0.2) is 0 Å². The molecule has 2 N–H and O–H groups in total. The Bertz CT molecular complexity index is 602. The Morgan fingerprint density at radius 3 is 1.20 bits per heavy atom. The Morgan fingerprint density at radius 1 is 0.650 bits per heavy atom. The van der Waals surface area contributed by atoms with E-state index in [9.17, 15) is 10.2 Å². The molecule has 0 heterocycles. The van der Waals surface area contributed by atoms with Crippen molar-refractivity contribution in [1.82, 2.24) is 0 Å². The van der Waals surface area contributed by atoms with Crippen LogP contribution in [0.2, 0.25) is 0 Å². The second kappa shape index (κ2) is 5.99. The molecule has 0 amide bonds. The van der Waals surface area contributed by atoms with Crippen LogP contribution in [0.25, 0.3) is 0 Å². The monoisotopic (exact) mass is 264 g/mol. The minimum absolute atomic E-state index is 0.494. The van der Waals surface area contributed by atoms with Gasteiger partial charge in [0, 0.05) is 0 Å². The van der Waals surface area contributed by atoms with Gasteiger partial charge in [-0.3, -0.25) is 0 Å². The summed E-state index contributed by atoms with van der Waals surface area (Å²) in [6, 6.07) is 16.8. The van der Waals surface area contributed by atoms with E-state index in [1.54, 1.807) is 48.5 Å². The van der Waals surface area contributed by atoms with Gasteiger partial charge in [0.05, 0.1) is 23.3 Å². The van der Waals surface area contributed by atoms with E-state index < -0.39 is 12.2 Å². The first kappa shape index (κ1) is 13.8. The van der Waals surface area contributed by atoms with Gasteiger partial charge in [-0.1, -0.05) is 24.3 Å². The van der Waals surface area contributed by atoms with E-state index in [-0.39, 0.29) is 0 Å². The molecule has 0 spiro atoms. The van der Waals surface area contributed by atoms with E-state index in [0.717, 1.165) is 0 Å². The third-order valence-electron chi connectivity index (χ3n) is 3.06. The fourth-order valence-electron chi connectivity index (χ4n) is 1.87. The zero-order valence-corrected chi connectivity index (χ0v) is 10.6. The molecule has 0 aromatic heterocycles. The van der Waals surface area contributed by atoms with Crippen molar-refractivity contribution in [3.8, 4) is 12.1 Å². The van der Waals surface area contributed by atoms with Crippen molar-refractivity contribution in [2.45, 2.75) is 12.2 Å². The summed E-state index contributed by atoms with van der Waals surface area (Å²) in [5.74, 6) is 0. The highest BCUT2D eigenvalue weighted by molar-refractivity contribution is 5.35. The van der Waals surface area contributed by atoms with Crippen molar-refractivity contribution in [1.29, 1.82) is 10.5 Å². The SMILES string of the molecule is N#Cc1ccc(C(O)C(O)c2ccc(C#N)cc2)cc1. The largest absolute Gasteiger partial charge is 0.385 e. The van der Waals surface area contributed by atoms with Crippen LogP contribution in [0.5, 0.6) is 0 Å². The molecular formula is C16H12N2O2. The van der Waals surface area contributed by atoms with Crippen molar-refractivity contribution < 1.29 is 10.2 Å². The van der Waals surface area contributed by atoms with Crippen molar-refractivity contribution in [3.05, 3.63) is 70.8 Å². The molecule has 2 aromatic carbocycles. The minimum atomic E-state index is -1.09. The van der Waals surface area contributed by atoms with Crippen LogP contribution in [0.3, 0.4) is 0 Å². The maximum absolute atomic E-state index is 10.1. The summed E-state index contributed by atoms with van der Waals surface area (Å²) in [7, 11) is 0. The summed E-state index contributed by atoms with van der Waals surface area (Å²) >= 11 is 0. The van der Waals surface area contributed by atoms with E-state index in [1.165, 1.54) is 0 Å². The number of aliphatic hydroxyl groups is 2. The summed E-state index contributed by atoms with van der Waals surface area (Å²) in [4.78, 5) is 0. The first-order valence-corrected chi connectivity index (χ1v) is 6.02. The minimum Gasteiger partial charge on any atom is -0.385 e. The fraction of sp³-hybridized carbons (Fsp3) is 0.125. The average Bonchev–Trinajstić information content (AvgIpc) is 2.53. The molecule has 2 aromatic rings. The Hall–Kier alpha value is -2.66. The Morgan fingerprint density at radius 2 is 0.950 bits per heavy atom. The maximum atomic E-state index is 10.1. The van der Waals surface area contributed by atoms with Gasteiger partial charge in [-0.15, -0.1) is 0 Å². The summed E-state index contributed by atoms with van der Waals surface area (Å²) in [6.07, 6.45) is -2.17. The average molecular weight is 264 g/mol. The molecule has 0 fully saturated rings. The molecule has 2 rings (SSSR count). The topological polar surface area (TPSA) is 88.0 Å². The predicted molar refractivity (Wildman–Crippen MR) is 72.2 cm³/mol. The lowest BCUT2D eigenvalue weighted by Gasteiger charge is -2.18. The lowest BCUT2D eigenvalue weighted by Crippen LogP contribution is -2.10.